The van der Waals surface area contributed by atoms with Crippen LogP contribution in [-0.4, -0.2) is 21.3 Å². The van der Waals surface area contributed by atoms with Gasteiger partial charge in [-0.2, -0.15) is 0 Å². The summed E-state index contributed by atoms with van der Waals surface area (Å²) in [6, 6.07) is 22.1. The first-order chi connectivity index (χ1) is 12.0. The van der Waals surface area contributed by atoms with E-state index in [4.69, 9.17) is 0 Å². The summed E-state index contributed by atoms with van der Waals surface area (Å²) >= 11 is 0. The Bertz CT molecular complexity index is 875. The molecular weight excluding hydrogens is 316 g/mol. The lowest BCUT2D eigenvalue weighted by molar-refractivity contribution is -0.155. The number of aromatic hydroxyl groups is 1. The highest BCUT2D eigenvalue weighted by Crippen LogP contribution is 2.35. The van der Waals surface area contributed by atoms with E-state index in [-0.39, 0.29) is 16.9 Å². The summed E-state index contributed by atoms with van der Waals surface area (Å²) in [5.41, 5.74) is -0.176. The maximum atomic E-state index is 12.0. The van der Waals surface area contributed by atoms with Crippen molar-refractivity contribution in [2.75, 3.05) is 0 Å². The number of phenolic OH excluding ortho intramolecular Hbond substituents is 1. The minimum Gasteiger partial charge on any atom is -0.508 e. The molecule has 0 spiro atoms. The molecule has 3 rings (SSSR count). The maximum Gasteiger partial charge on any atom is 0.345 e. The lowest BCUT2D eigenvalue weighted by atomic mass is 9.82. The lowest BCUT2D eigenvalue weighted by Gasteiger charge is -2.27. The van der Waals surface area contributed by atoms with E-state index in [1.807, 2.05) is 30.3 Å². The summed E-state index contributed by atoms with van der Waals surface area (Å²) in [6.45, 7) is 0. The van der Waals surface area contributed by atoms with Gasteiger partial charge in [-0.15, -0.1) is 0 Å². The first-order valence-corrected chi connectivity index (χ1v) is 7.89. The first kappa shape index (κ1) is 16.7. The highest BCUT2D eigenvalue weighted by molar-refractivity contribution is 5.84. The van der Waals surface area contributed by atoms with Crippen molar-refractivity contribution in [2.24, 2.45) is 0 Å². The van der Waals surface area contributed by atoms with Crippen molar-refractivity contribution in [1.29, 1.82) is 0 Å². The van der Waals surface area contributed by atoms with Gasteiger partial charge in [-0.05, 0) is 35.2 Å². The molecule has 0 saturated heterocycles. The van der Waals surface area contributed by atoms with Crippen LogP contribution in [0.2, 0.25) is 0 Å². The minimum atomic E-state index is -2.20. The molecule has 3 aromatic rings. The molecule has 25 heavy (non-hydrogen) atoms. The van der Waals surface area contributed by atoms with Gasteiger partial charge in [0.2, 0.25) is 5.60 Å². The Labute approximate surface area is 145 Å². The predicted molar refractivity (Wildman–Crippen MR) is 94.4 cm³/mol. The first-order valence-electron chi connectivity index (χ1n) is 7.89. The van der Waals surface area contributed by atoms with Gasteiger partial charge in [0.15, 0.2) is 0 Å². The van der Waals surface area contributed by atoms with Crippen LogP contribution in [0.25, 0.3) is 0 Å². The van der Waals surface area contributed by atoms with Crippen LogP contribution in [0.5, 0.6) is 5.75 Å². The molecule has 0 aromatic heterocycles. The van der Waals surface area contributed by atoms with E-state index in [9.17, 15) is 20.1 Å². The second-order valence-electron chi connectivity index (χ2n) is 5.89. The second kappa shape index (κ2) is 6.79. The van der Waals surface area contributed by atoms with Crippen molar-refractivity contribution in [2.45, 2.75) is 12.0 Å². The molecule has 0 bridgehead atoms. The normalized spacial score (nSPS) is 13.2. The Morgan fingerprint density at radius 1 is 0.880 bits per heavy atom. The molecule has 3 aromatic carbocycles. The molecule has 0 aliphatic carbocycles. The zero-order chi connectivity index (χ0) is 17.9. The van der Waals surface area contributed by atoms with Crippen molar-refractivity contribution < 1.29 is 20.1 Å². The number of rotatable bonds is 5. The van der Waals surface area contributed by atoms with Crippen molar-refractivity contribution in [3.63, 3.8) is 0 Å². The second-order valence-corrected chi connectivity index (χ2v) is 5.89. The summed E-state index contributed by atoms with van der Waals surface area (Å²) in [4.78, 5) is 12.0. The summed E-state index contributed by atoms with van der Waals surface area (Å²) in [5.74, 6) is -1.34. The summed E-state index contributed by atoms with van der Waals surface area (Å²) in [7, 11) is 0. The number of aliphatic carboxylic acids is 1. The quantitative estimate of drug-likeness (QED) is 0.669. The number of hydrogen-bond donors (Lipinski definition) is 3. The van der Waals surface area contributed by atoms with E-state index in [2.05, 4.69) is 0 Å². The molecular formula is C21H18O4. The molecule has 0 radical (unpaired) electrons. The average molecular weight is 334 g/mol. The van der Waals surface area contributed by atoms with Crippen LogP contribution in [0, 0.1) is 0 Å². The van der Waals surface area contributed by atoms with E-state index in [0.717, 1.165) is 5.56 Å². The fraction of sp³-hybridized carbons (Fsp3) is 0.0952. The molecule has 0 saturated carbocycles. The molecule has 0 aliphatic rings. The smallest absolute Gasteiger partial charge is 0.345 e. The Balaban J connectivity index is 2.16. The topological polar surface area (TPSA) is 77.8 Å². The lowest BCUT2D eigenvalue weighted by Crippen LogP contribution is -2.37. The van der Waals surface area contributed by atoms with Crippen LogP contribution >= 0.6 is 0 Å². The fourth-order valence-corrected chi connectivity index (χ4v) is 2.97. The maximum absolute atomic E-state index is 12.0. The summed E-state index contributed by atoms with van der Waals surface area (Å²) in [5, 5.41) is 30.7. The van der Waals surface area contributed by atoms with Gasteiger partial charge in [-0.3, -0.25) is 0 Å². The Morgan fingerprint density at radius 2 is 1.48 bits per heavy atom. The van der Waals surface area contributed by atoms with Crippen molar-refractivity contribution in [3.8, 4) is 5.75 Å². The summed E-state index contributed by atoms with van der Waals surface area (Å²) < 4.78 is 0. The third-order valence-electron chi connectivity index (χ3n) is 4.22. The van der Waals surface area contributed by atoms with Gasteiger partial charge in [0, 0.05) is 5.56 Å². The predicted octanol–water partition coefficient (Wildman–Crippen LogP) is 3.30. The van der Waals surface area contributed by atoms with Crippen LogP contribution in [0.4, 0.5) is 0 Å². The van der Waals surface area contributed by atoms with E-state index >= 15 is 0 Å². The van der Waals surface area contributed by atoms with Gasteiger partial charge >= 0.3 is 5.97 Å². The molecule has 4 heteroatoms. The number of carbonyl (C=O) groups is 1. The monoisotopic (exact) mass is 334 g/mol. The zero-order valence-electron chi connectivity index (χ0n) is 13.5. The molecule has 1 unspecified atom stereocenters. The van der Waals surface area contributed by atoms with Gasteiger partial charge < -0.3 is 15.3 Å². The zero-order valence-corrected chi connectivity index (χ0v) is 13.5. The number of carboxylic acids is 1. The fourth-order valence-electron chi connectivity index (χ4n) is 2.97. The molecule has 1 atom stereocenters. The molecule has 0 fully saturated rings. The number of phenols is 1. The van der Waals surface area contributed by atoms with Crippen LogP contribution < -0.4 is 0 Å². The highest BCUT2D eigenvalue weighted by Gasteiger charge is 2.41. The Hall–Kier alpha value is -3.11. The third-order valence-corrected chi connectivity index (χ3v) is 4.22. The number of benzene rings is 3. The SMILES string of the molecule is O=C(O)C(O)(c1ccccc1)c1ccc(O)cc1Cc1ccccc1. The molecule has 126 valence electrons. The average Bonchev–Trinajstić information content (AvgIpc) is 2.63. The number of carboxylic acid groups (broad SMARTS) is 1. The third kappa shape index (κ3) is 3.25. The van der Waals surface area contributed by atoms with Gasteiger partial charge in [0.1, 0.15) is 5.75 Å². The van der Waals surface area contributed by atoms with Gasteiger partial charge in [0.05, 0.1) is 0 Å². The van der Waals surface area contributed by atoms with E-state index in [1.165, 1.54) is 18.2 Å². The van der Waals surface area contributed by atoms with Crippen LogP contribution in [-0.2, 0) is 16.8 Å². The van der Waals surface area contributed by atoms with E-state index in [1.54, 1.807) is 30.3 Å². The summed E-state index contributed by atoms with van der Waals surface area (Å²) in [6.07, 6.45) is 0.396. The minimum absolute atomic E-state index is 0.0236. The van der Waals surface area contributed by atoms with Gasteiger partial charge in [-0.1, -0.05) is 66.7 Å². The van der Waals surface area contributed by atoms with Crippen LogP contribution in [0.15, 0.2) is 78.9 Å². The van der Waals surface area contributed by atoms with Gasteiger partial charge in [-0.25, -0.2) is 4.79 Å². The molecule has 0 aliphatic heterocycles. The van der Waals surface area contributed by atoms with E-state index in [0.29, 0.717) is 12.0 Å². The van der Waals surface area contributed by atoms with Crippen LogP contribution in [0.1, 0.15) is 22.3 Å². The molecule has 0 amide bonds. The standard InChI is InChI=1S/C21H18O4/c22-18-11-12-19(16(14-18)13-15-7-3-1-4-8-15)21(25,20(23)24)17-9-5-2-6-10-17/h1-12,14,22,25H,13H2,(H,23,24). The van der Waals surface area contributed by atoms with Crippen molar-refractivity contribution >= 4 is 5.97 Å². The number of aliphatic hydroxyl groups is 1. The van der Waals surface area contributed by atoms with Crippen molar-refractivity contribution in [1.82, 2.24) is 0 Å². The highest BCUT2D eigenvalue weighted by atomic mass is 16.4. The Kier molecular flexibility index (Phi) is 4.55. The molecule has 4 nitrogen and oxygen atoms in total. The van der Waals surface area contributed by atoms with Gasteiger partial charge in [0.25, 0.3) is 0 Å². The van der Waals surface area contributed by atoms with E-state index < -0.39 is 11.6 Å². The van der Waals surface area contributed by atoms with Crippen molar-refractivity contribution in [3.05, 3.63) is 101 Å². The molecule has 3 N–H and O–H groups in total. The largest absolute Gasteiger partial charge is 0.508 e. The molecule has 0 heterocycles. The number of hydrogen-bond acceptors (Lipinski definition) is 3. The Morgan fingerprint density at radius 3 is 2.08 bits per heavy atom. The van der Waals surface area contributed by atoms with Crippen LogP contribution in [0.3, 0.4) is 0 Å².